The van der Waals surface area contributed by atoms with Crippen molar-refractivity contribution < 1.29 is 4.74 Å². The zero-order valence-corrected chi connectivity index (χ0v) is 14.1. The molecule has 20 heavy (non-hydrogen) atoms. The summed E-state index contributed by atoms with van der Waals surface area (Å²) in [4.78, 5) is 0. The van der Waals surface area contributed by atoms with Crippen molar-refractivity contribution in [3.05, 3.63) is 28.8 Å². The molecule has 1 N–H and O–H groups in total. The number of piperidine rings is 1. The number of benzene rings is 1. The Hall–Kier alpha value is -0.440. The molecule has 0 atom stereocenters. The highest BCUT2D eigenvalue weighted by atomic mass is 35.5. The van der Waals surface area contributed by atoms with E-state index < -0.39 is 0 Å². The van der Waals surface area contributed by atoms with Crippen LogP contribution in [0.2, 0.25) is 5.02 Å². The van der Waals surface area contributed by atoms with Crippen LogP contribution < -0.4 is 10.1 Å². The molecule has 114 valence electrons. The van der Waals surface area contributed by atoms with E-state index in [1.165, 1.54) is 18.4 Å². The van der Waals surface area contributed by atoms with Crippen molar-refractivity contribution >= 4 is 24.0 Å². The molecule has 0 aromatic heterocycles. The van der Waals surface area contributed by atoms with E-state index in [4.69, 9.17) is 16.3 Å². The molecule has 1 aromatic carbocycles. The summed E-state index contributed by atoms with van der Waals surface area (Å²) in [5, 5.41) is 4.09. The topological polar surface area (TPSA) is 21.3 Å². The van der Waals surface area contributed by atoms with E-state index in [0.717, 1.165) is 30.5 Å². The summed E-state index contributed by atoms with van der Waals surface area (Å²) in [7, 11) is 0. The van der Waals surface area contributed by atoms with Crippen LogP contribution in [-0.4, -0.2) is 19.7 Å². The van der Waals surface area contributed by atoms with Crippen LogP contribution >= 0.6 is 24.0 Å². The Morgan fingerprint density at radius 3 is 2.45 bits per heavy atom. The largest absolute Gasteiger partial charge is 0.492 e. The van der Waals surface area contributed by atoms with Crippen LogP contribution in [0.1, 0.15) is 39.2 Å². The number of nitrogens with one attached hydrogen (secondary N) is 1. The van der Waals surface area contributed by atoms with E-state index in [0.29, 0.717) is 5.92 Å². The molecule has 1 aromatic rings. The minimum atomic E-state index is 0. The number of halogens is 2. The Morgan fingerprint density at radius 1 is 1.25 bits per heavy atom. The van der Waals surface area contributed by atoms with Gasteiger partial charge in [0.2, 0.25) is 0 Å². The highest BCUT2D eigenvalue weighted by Gasteiger charge is 2.17. The SMILES string of the molecule is CC(C)(C)c1ccc(OCC2CCNCC2)c(Cl)c1.Cl. The first-order chi connectivity index (χ1) is 8.97. The van der Waals surface area contributed by atoms with Crippen LogP contribution in [0.4, 0.5) is 0 Å². The molecule has 2 nitrogen and oxygen atoms in total. The fraction of sp³-hybridized carbons (Fsp3) is 0.625. The van der Waals surface area contributed by atoms with Crippen LogP contribution in [0, 0.1) is 5.92 Å². The second kappa shape index (κ2) is 7.53. The van der Waals surface area contributed by atoms with Crippen LogP contribution in [0.25, 0.3) is 0 Å². The van der Waals surface area contributed by atoms with Crippen LogP contribution in [0.15, 0.2) is 18.2 Å². The van der Waals surface area contributed by atoms with Gasteiger partial charge in [0.15, 0.2) is 0 Å². The number of rotatable bonds is 3. The fourth-order valence-electron chi connectivity index (χ4n) is 2.34. The average Bonchev–Trinajstić information content (AvgIpc) is 2.37. The summed E-state index contributed by atoms with van der Waals surface area (Å²) >= 11 is 6.32. The van der Waals surface area contributed by atoms with Gasteiger partial charge in [0.1, 0.15) is 5.75 Å². The highest BCUT2D eigenvalue weighted by molar-refractivity contribution is 6.32. The fourth-order valence-corrected chi connectivity index (χ4v) is 2.58. The monoisotopic (exact) mass is 317 g/mol. The molecule has 1 aliphatic heterocycles. The maximum Gasteiger partial charge on any atom is 0.137 e. The first kappa shape index (κ1) is 17.6. The molecule has 0 amide bonds. The van der Waals surface area contributed by atoms with Gasteiger partial charge in [0.25, 0.3) is 0 Å². The van der Waals surface area contributed by atoms with Crippen LogP contribution in [0.5, 0.6) is 5.75 Å². The summed E-state index contributed by atoms with van der Waals surface area (Å²) in [5.41, 5.74) is 1.36. The molecule has 0 spiro atoms. The third-order valence-corrected chi connectivity index (χ3v) is 4.03. The van der Waals surface area contributed by atoms with E-state index in [-0.39, 0.29) is 17.8 Å². The number of hydrogen-bond acceptors (Lipinski definition) is 2. The summed E-state index contributed by atoms with van der Waals surface area (Å²) in [6.07, 6.45) is 2.38. The lowest BCUT2D eigenvalue weighted by molar-refractivity contribution is 0.215. The average molecular weight is 318 g/mol. The summed E-state index contributed by atoms with van der Waals surface area (Å²) in [6.45, 7) is 9.54. The van der Waals surface area contributed by atoms with Crippen LogP contribution in [-0.2, 0) is 5.41 Å². The molecule has 1 fully saturated rings. The Bertz CT molecular complexity index is 423. The lowest BCUT2D eigenvalue weighted by Gasteiger charge is -2.24. The maximum atomic E-state index is 6.32. The van der Waals surface area contributed by atoms with Gasteiger partial charge >= 0.3 is 0 Å². The smallest absolute Gasteiger partial charge is 0.137 e. The molecule has 1 heterocycles. The van der Waals surface area contributed by atoms with Crippen molar-refractivity contribution in [3.8, 4) is 5.75 Å². The maximum absolute atomic E-state index is 6.32. The molecule has 4 heteroatoms. The summed E-state index contributed by atoms with van der Waals surface area (Å²) < 4.78 is 5.88. The second-order valence-electron chi connectivity index (χ2n) is 6.40. The van der Waals surface area contributed by atoms with Gasteiger partial charge in [-0.05, 0) is 55.0 Å². The number of ether oxygens (including phenoxy) is 1. The van der Waals surface area contributed by atoms with Gasteiger partial charge in [-0.1, -0.05) is 38.4 Å². The summed E-state index contributed by atoms with van der Waals surface area (Å²) in [6, 6.07) is 6.15. The van der Waals surface area contributed by atoms with Crippen molar-refractivity contribution in [1.82, 2.24) is 5.32 Å². The quantitative estimate of drug-likeness (QED) is 0.890. The minimum Gasteiger partial charge on any atom is -0.492 e. The Labute approximate surface area is 133 Å². The van der Waals surface area contributed by atoms with E-state index in [9.17, 15) is 0 Å². The first-order valence-electron chi connectivity index (χ1n) is 7.10. The molecule has 1 saturated heterocycles. The molecular weight excluding hydrogens is 293 g/mol. The van der Waals surface area contributed by atoms with Crippen molar-refractivity contribution in [2.24, 2.45) is 5.92 Å². The summed E-state index contributed by atoms with van der Waals surface area (Å²) in [5.74, 6) is 1.47. The Kier molecular flexibility index (Phi) is 6.63. The van der Waals surface area contributed by atoms with Crippen molar-refractivity contribution in [1.29, 1.82) is 0 Å². The van der Waals surface area contributed by atoms with Crippen molar-refractivity contribution in [2.75, 3.05) is 19.7 Å². The first-order valence-corrected chi connectivity index (χ1v) is 7.48. The molecule has 2 rings (SSSR count). The third-order valence-electron chi connectivity index (χ3n) is 3.73. The molecule has 1 aliphatic rings. The molecule has 0 radical (unpaired) electrons. The Balaban J connectivity index is 0.00000200. The highest BCUT2D eigenvalue weighted by Crippen LogP contribution is 2.31. The number of hydrogen-bond donors (Lipinski definition) is 1. The van der Waals surface area contributed by atoms with Crippen molar-refractivity contribution in [2.45, 2.75) is 39.0 Å². The van der Waals surface area contributed by atoms with Gasteiger partial charge in [-0.3, -0.25) is 0 Å². The third kappa shape index (κ3) is 4.83. The molecule has 0 saturated carbocycles. The molecule has 0 aliphatic carbocycles. The van der Waals surface area contributed by atoms with Crippen molar-refractivity contribution in [3.63, 3.8) is 0 Å². The van der Waals surface area contributed by atoms with Gasteiger partial charge in [-0.15, -0.1) is 12.4 Å². The van der Waals surface area contributed by atoms with E-state index in [2.05, 4.69) is 32.2 Å². The zero-order valence-electron chi connectivity index (χ0n) is 12.5. The van der Waals surface area contributed by atoms with E-state index >= 15 is 0 Å². The van der Waals surface area contributed by atoms with Gasteiger partial charge < -0.3 is 10.1 Å². The molecule has 0 bridgehead atoms. The lowest BCUT2D eigenvalue weighted by atomic mass is 9.87. The van der Waals surface area contributed by atoms with Crippen LogP contribution in [0.3, 0.4) is 0 Å². The normalized spacial score (nSPS) is 16.6. The van der Waals surface area contributed by atoms with Gasteiger partial charge in [0, 0.05) is 0 Å². The Morgan fingerprint density at radius 2 is 1.90 bits per heavy atom. The van der Waals surface area contributed by atoms with Gasteiger partial charge in [-0.2, -0.15) is 0 Å². The van der Waals surface area contributed by atoms with E-state index in [1.54, 1.807) is 0 Å². The zero-order chi connectivity index (χ0) is 13.9. The van der Waals surface area contributed by atoms with E-state index in [1.807, 2.05) is 12.1 Å². The standard InChI is InChI=1S/C16H24ClNO.ClH/c1-16(2,3)13-4-5-15(14(17)10-13)19-11-12-6-8-18-9-7-12;/h4-5,10,12,18H,6-9,11H2,1-3H3;1H. The molecule has 0 unspecified atom stereocenters. The second-order valence-corrected chi connectivity index (χ2v) is 6.81. The van der Waals surface area contributed by atoms with Gasteiger partial charge in [0.05, 0.1) is 11.6 Å². The van der Waals surface area contributed by atoms with Gasteiger partial charge in [-0.25, -0.2) is 0 Å². The lowest BCUT2D eigenvalue weighted by Crippen LogP contribution is -2.30. The predicted octanol–water partition coefficient (Wildman–Crippen LogP) is 4.44. The minimum absolute atomic E-state index is 0. The predicted molar refractivity (Wildman–Crippen MR) is 88.5 cm³/mol. The molecular formula is C16H25Cl2NO.